The summed E-state index contributed by atoms with van der Waals surface area (Å²) >= 11 is 0. The number of hydrogen-bond acceptors (Lipinski definition) is 2. The molecule has 0 aromatic rings. The molecular weight excluding hydrogens is 88.9 g/mol. The first-order chi connectivity index (χ1) is 3.33. The fourth-order valence-corrected chi connectivity index (χ4v) is 0.791. The SMILES string of the molecule is BN1CC(OC)C1. The summed E-state index contributed by atoms with van der Waals surface area (Å²) in [5.74, 6) is 0. The van der Waals surface area contributed by atoms with Crippen LogP contribution >= 0.6 is 0 Å². The Kier molecular flexibility index (Phi) is 1.35. The highest BCUT2D eigenvalue weighted by molar-refractivity contribution is 6.04. The first kappa shape index (κ1) is 5.13. The molecule has 1 saturated heterocycles. The average molecular weight is 98.9 g/mol. The van der Waals surface area contributed by atoms with E-state index in [0.29, 0.717) is 6.10 Å². The molecule has 40 valence electrons. The average Bonchev–Trinajstić information content (AvgIpc) is 1.58. The number of nitrogens with zero attached hydrogens (tertiary/aromatic N) is 1. The zero-order chi connectivity index (χ0) is 5.28. The molecule has 7 heavy (non-hydrogen) atoms. The highest BCUT2D eigenvalue weighted by Crippen LogP contribution is 2.04. The van der Waals surface area contributed by atoms with E-state index in [1.165, 1.54) is 0 Å². The van der Waals surface area contributed by atoms with Gasteiger partial charge in [0.15, 0.2) is 7.98 Å². The summed E-state index contributed by atoms with van der Waals surface area (Å²) in [6.07, 6.45) is 0.519. The summed E-state index contributed by atoms with van der Waals surface area (Å²) in [7, 11) is 3.85. The maximum atomic E-state index is 5.01. The third-order valence-corrected chi connectivity index (χ3v) is 1.36. The molecule has 0 aromatic heterocycles. The molecule has 2 nitrogen and oxygen atoms in total. The highest BCUT2D eigenvalue weighted by atomic mass is 16.5. The van der Waals surface area contributed by atoms with Crippen LogP contribution in [0.15, 0.2) is 0 Å². The Bertz CT molecular complexity index is 62.7. The van der Waals surface area contributed by atoms with E-state index in [1.54, 1.807) is 7.11 Å². The van der Waals surface area contributed by atoms with E-state index in [0.717, 1.165) is 13.1 Å². The molecule has 1 heterocycles. The maximum absolute atomic E-state index is 5.01. The van der Waals surface area contributed by atoms with Gasteiger partial charge in [-0.05, 0) is 0 Å². The standard InChI is InChI=1S/C4H10BNO/c1-7-4-2-6(5)3-4/h4H,2-3,5H2,1H3. The highest BCUT2D eigenvalue weighted by Gasteiger charge is 2.20. The van der Waals surface area contributed by atoms with E-state index in [2.05, 4.69) is 12.8 Å². The van der Waals surface area contributed by atoms with Crippen LogP contribution in [0.5, 0.6) is 0 Å². The van der Waals surface area contributed by atoms with Gasteiger partial charge in [0.2, 0.25) is 0 Å². The van der Waals surface area contributed by atoms with Crippen LogP contribution in [0, 0.1) is 0 Å². The van der Waals surface area contributed by atoms with E-state index in [-0.39, 0.29) is 0 Å². The lowest BCUT2D eigenvalue weighted by atomic mass is 10.1. The Morgan fingerprint density at radius 2 is 2.29 bits per heavy atom. The quantitative estimate of drug-likeness (QED) is 0.385. The van der Waals surface area contributed by atoms with Crippen molar-refractivity contribution in [1.82, 2.24) is 4.81 Å². The predicted molar refractivity (Wildman–Crippen MR) is 30.9 cm³/mol. The van der Waals surface area contributed by atoms with Crippen LogP contribution in [0.25, 0.3) is 0 Å². The Morgan fingerprint density at radius 3 is 2.43 bits per heavy atom. The topological polar surface area (TPSA) is 12.5 Å². The molecule has 0 amide bonds. The van der Waals surface area contributed by atoms with Crippen LogP contribution in [0.3, 0.4) is 0 Å². The third kappa shape index (κ3) is 0.953. The van der Waals surface area contributed by atoms with Crippen LogP contribution in [0.1, 0.15) is 0 Å². The van der Waals surface area contributed by atoms with Gasteiger partial charge in [0.25, 0.3) is 0 Å². The largest absolute Gasteiger partial charge is 0.379 e. The summed E-state index contributed by atoms with van der Waals surface area (Å²) < 4.78 is 5.01. The predicted octanol–water partition coefficient (Wildman–Crippen LogP) is -1.13. The van der Waals surface area contributed by atoms with Crippen molar-refractivity contribution in [1.29, 1.82) is 0 Å². The minimum Gasteiger partial charge on any atom is -0.379 e. The smallest absolute Gasteiger partial charge is 0.185 e. The van der Waals surface area contributed by atoms with E-state index < -0.39 is 0 Å². The maximum Gasteiger partial charge on any atom is 0.185 e. The molecule has 0 atom stereocenters. The molecule has 0 bridgehead atoms. The van der Waals surface area contributed by atoms with Crippen molar-refractivity contribution in [3.05, 3.63) is 0 Å². The molecule has 1 aliphatic rings. The summed E-state index contributed by atoms with van der Waals surface area (Å²) in [6, 6.07) is 0. The Morgan fingerprint density at radius 1 is 1.71 bits per heavy atom. The van der Waals surface area contributed by atoms with Crippen LogP contribution in [-0.2, 0) is 4.74 Å². The van der Waals surface area contributed by atoms with Gasteiger partial charge in [-0.2, -0.15) is 0 Å². The van der Waals surface area contributed by atoms with Crippen molar-refractivity contribution < 1.29 is 4.74 Å². The second-order valence-electron chi connectivity index (χ2n) is 2.08. The number of ether oxygens (including phenoxy) is 1. The monoisotopic (exact) mass is 99.1 g/mol. The molecule has 1 fully saturated rings. The molecule has 0 unspecified atom stereocenters. The normalized spacial score (nSPS) is 24.7. The van der Waals surface area contributed by atoms with E-state index in [9.17, 15) is 0 Å². The molecule has 1 rings (SSSR count). The van der Waals surface area contributed by atoms with Gasteiger partial charge >= 0.3 is 0 Å². The van der Waals surface area contributed by atoms with Gasteiger partial charge in [0.05, 0.1) is 6.10 Å². The van der Waals surface area contributed by atoms with Gasteiger partial charge in [0, 0.05) is 20.2 Å². The molecule has 3 heteroatoms. The zero-order valence-corrected chi connectivity index (χ0v) is 4.85. The van der Waals surface area contributed by atoms with Gasteiger partial charge < -0.3 is 9.55 Å². The van der Waals surface area contributed by atoms with Crippen molar-refractivity contribution in [2.24, 2.45) is 0 Å². The Labute approximate surface area is 44.9 Å². The van der Waals surface area contributed by atoms with Crippen LogP contribution in [0.4, 0.5) is 0 Å². The fraction of sp³-hybridized carbons (Fsp3) is 1.00. The molecule has 0 aromatic carbocycles. The first-order valence-electron chi connectivity index (χ1n) is 2.54. The van der Waals surface area contributed by atoms with Crippen molar-refractivity contribution in [3.63, 3.8) is 0 Å². The second kappa shape index (κ2) is 1.84. The molecule has 0 saturated carbocycles. The Balaban J connectivity index is 2.06. The van der Waals surface area contributed by atoms with Gasteiger partial charge in [0.1, 0.15) is 0 Å². The van der Waals surface area contributed by atoms with Crippen molar-refractivity contribution >= 4 is 7.98 Å². The summed E-state index contributed by atoms with van der Waals surface area (Å²) in [5.41, 5.74) is 0. The third-order valence-electron chi connectivity index (χ3n) is 1.36. The van der Waals surface area contributed by atoms with Gasteiger partial charge in [-0.1, -0.05) is 0 Å². The second-order valence-corrected chi connectivity index (χ2v) is 2.08. The van der Waals surface area contributed by atoms with Crippen LogP contribution in [0.2, 0.25) is 0 Å². The lowest BCUT2D eigenvalue weighted by Gasteiger charge is -2.35. The van der Waals surface area contributed by atoms with Gasteiger partial charge in [-0.25, -0.2) is 0 Å². The van der Waals surface area contributed by atoms with E-state index >= 15 is 0 Å². The van der Waals surface area contributed by atoms with Gasteiger partial charge in [-0.3, -0.25) is 0 Å². The fourth-order valence-electron chi connectivity index (χ4n) is 0.791. The lowest BCUT2D eigenvalue weighted by molar-refractivity contribution is 0.0131. The van der Waals surface area contributed by atoms with Crippen molar-refractivity contribution in [2.75, 3.05) is 20.2 Å². The van der Waals surface area contributed by atoms with Crippen molar-refractivity contribution in [3.8, 4) is 0 Å². The first-order valence-corrected chi connectivity index (χ1v) is 2.54. The van der Waals surface area contributed by atoms with Crippen molar-refractivity contribution in [2.45, 2.75) is 6.10 Å². The number of methoxy groups -OCH3 is 1. The lowest BCUT2D eigenvalue weighted by Crippen LogP contribution is -2.49. The summed E-state index contributed by atoms with van der Waals surface area (Å²) in [5, 5.41) is 0. The van der Waals surface area contributed by atoms with E-state index in [1.807, 2.05) is 0 Å². The molecule has 0 spiro atoms. The molecule has 0 N–H and O–H groups in total. The number of hydrogen-bond donors (Lipinski definition) is 0. The summed E-state index contributed by atoms with van der Waals surface area (Å²) in [4.78, 5) is 2.23. The molecular formula is C4H10BNO. The van der Waals surface area contributed by atoms with Gasteiger partial charge in [-0.15, -0.1) is 0 Å². The molecule has 0 radical (unpaired) electrons. The van der Waals surface area contributed by atoms with Crippen LogP contribution < -0.4 is 0 Å². The number of rotatable bonds is 1. The Hall–Kier alpha value is -0.0151. The van der Waals surface area contributed by atoms with Crippen LogP contribution in [-0.4, -0.2) is 39.1 Å². The minimum atomic E-state index is 0.519. The van der Waals surface area contributed by atoms with E-state index in [4.69, 9.17) is 4.74 Å². The summed E-state index contributed by atoms with van der Waals surface area (Å²) in [6.45, 7) is 2.22. The molecule has 0 aliphatic carbocycles. The minimum absolute atomic E-state index is 0.519. The zero-order valence-electron chi connectivity index (χ0n) is 4.85. The molecule has 1 aliphatic heterocycles.